The Balaban J connectivity index is 2.12. The zero-order chi connectivity index (χ0) is 17.0. The zero-order valence-electron chi connectivity index (χ0n) is 16.2. The van der Waals surface area contributed by atoms with Crippen LogP contribution in [-0.4, -0.2) is 36.5 Å². The Bertz CT molecular complexity index is 603. The number of nitrogens with zero attached hydrogens (tertiary/aromatic N) is 2. The fraction of sp³-hybridized carbons (Fsp3) is 0.684. The van der Waals surface area contributed by atoms with E-state index in [4.69, 9.17) is 0 Å². The highest BCUT2D eigenvalue weighted by molar-refractivity contribution is 6.77. The molecule has 4 heteroatoms. The molecule has 2 nitrogen and oxygen atoms in total. The average molecular weight is 310 g/mol. The lowest BCUT2D eigenvalue weighted by atomic mass is 9.30. The molecule has 1 aromatic rings. The van der Waals surface area contributed by atoms with E-state index in [2.05, 4.69) is 77.1 Å². The van der Waals surface area contributed by atoms with Gasteiger partial charge in [-0.05, 0) is 49.4 Å². The average Bonchev–Trinajstić information content (AvgIpc) is 2.60. The van der Waals surface area contributed by atoms with Crippen molar-refractivity contribution in [3.8, 4) is 0 Å². The minimum Gasteiger partial charge on any atom is -0.331 e. The van der Waals surface area contributed by atoms with Gasteiger partial charge in [0, 0.05) is 12.7 Å². The van der Waals surface area contributed by atoms with Crippen LogP contribution >= 0.6 is 0 Å². The third-order valence-corrected chi connectivity index (χ3v) is 7.19. The normalized spacial score (nSPS) is 32.5. The number of fused-ring (bicyclic) bond motifs is 2. The van der Waals surface area contributed by atoms with E-state index in [0.717, 1.165) is 6.54 Å². The fourth-order valence-electron chi connectivity index (χ4n) is 5.08. The van der Waals surface area contributed by atoms with E-state index < -0.39 is 0 Å². The van der Waals surface area contributed by atoms with Gasteiger partial charge in [-0.2, -0.15) is 0 Å². The van der Waals surface area contributed by atoms with Gasteiger partial charge < -0.3 is 9.62 Å². The lowest BCUT2D eigenvalue weighted by Gasteiger charge is -2.52. The maximum absolute atomic E-state index is 2.78. The Hall–Kier alpha value is -0.730. The molecule has 2 aliphatic rings. The van der Waals surface area contributed by atoms with Crippen molar-refractivity contribution in [3.63, 3.8) is 0 Å². The zero-order valence-corrected chi connectivity index (χ0v) is 16.2. The summed E-state index contributed by atoms with van der Waals surface area (Å²) >= 11 is 0. The van der Waals surface area contributed by atoms with Gasteiger partial charge in [-0.1, -0.05) is 57.8 Å². The van der Waals surface area contributed by atoms with E-state index in [0.29, 0.717) is 37.4 Å². The molecular weight excluding hydrogens is 278 g/mol. The minimum absolute atomic E-state index is 0.540. The van der Waals surface area contributed by atoms with E-state index in [-0.39, 0.29) is 0 Å². The first-order valence-corrected chi connectivity index (χ1v) is 9.31. The van der Waals surface area contributed by atoms with Crippen molar-refractivity contribution >= 4 is 13.7 Å². The summed E-state index contributed by atoms with van der Waals surface area (Å²) in [5.74, 6) is 1.24. The molecule has 0 bridgehead atoms. The summed E-state index contributed by atoms with van der Waals surface area (Å²) in [6.45, 7) is 19.1. The largest absolute Gasteiger partial charge is 0.331 e. The first-order chi connectivity index (χ1) is 10.7. The van der Waals surface area contributed by atoms with Crippen LogP contribution in [0.5, 0.6) is 0 Å². The third kappa shape index (κ3) is 2.59. The van der Waals surface area contributed by atoms with Crippen LogP contribution in [0.4, 0.5) is 0 Å². The molecule has 0 amide bonds. The molecule has 0 radical (unpaired) electrons. The highest BCUT2D eigenvalue weighted by Crippen LogP contribution is 2.42. The topological polar surface area (TPSA) is 6.48 Å². The van der Waals surface area contributed by atoms with Crippen LogP contribution in [-0.2, 0) is 6.54 Å². The van der Waals surface area contributed by atoms with E-state index >= 15 is 0 Å². The second-order valence-corrected chi connectivity index (χ2v) is 8.39. The molecule has 2 heterocycles. The summed E-state index contributed by atoms with van der Waals surface area (Å²) in [5, 5.41) is 0. The molecule has 0 saturated carbocycles. The molecular formula is C19H32B2N2. The van der Waals surface area contributed by atoms with E-state index in [1.807, 2.05) is 0 Å². The monoisotopic (exact) mass is 310 g/mol. The first kappa shape index (κ1) is 17.1. The summed E-state index contributed by atoms with van der Waals surface area (Å²) < 4.78 is 0. The second kappa shape index (κ2) is 5.97. The summed E-state index contributed by atoms with van der Waals surface area (Å²) in [7, 11) is 2.34. The molecule has 1 saturated heterocycles. The van der Waals surface area contributed by atoms with E-state index in [1.165, 1.54) is 11.1 Å². The number of rotatable bonds is 0. The van der Waals surface area contributed by atoms with Crippen molar-refractivity contribution in [1.29, 1.82) is 0 Å². The molecule has 124 valence electrons. The maximum Gasteiger partial charge on any atom is 0.218 e. The summed E-state index contributed by atoms with van der Waals surface area (Å²) in [6.07, 6.45) is 0.540. The van der Waals surface area contributed by atoms with Gasteiger partial charge in [-0.3, -0.25) is 0 Å². The quantitative estimate of drug-likeness (QED) is 0.659. The Morgan fingerprint density at radius 1 is 1.04 bits per heavy atom. The molecule has 1 fully saturated rings. The molecule has 23 heavy (non-hydrogen) atoms. The SMILES string of the molecule is CB1C(C)B(C)N2Cc3c(C)cc(C)cc3C(C)C(C)C2N1C. The lowest BCUT2D eigenvalue weighted by Crippen LogP contribution is -2.66. The van der Waals surface area contributed by atoms with Crippen molar-refractivity contribution in [2.24, 2.45) is 5.92 Å². The van der Waals surface area contributed by atoms with Gasteiger partial charge in [-0.25, -0.2) is 0 Å². The molecule has 4 unspecified atom stereocenters. The summed E-state index contributed by atoms with van der Waals surface area (Å²) in [4.78, 5) is 5.42. The van der Waals surface area contributed by atoms with E-state index in [9.17, 15) is 0 Å². The Kier molecular flexibility index (Phi) is 4.44. The molecule has 0 spiro atoms. The number of hydrogen-bond donors (Lipinski definition) is 0. The summed E-state index contributed by atoms with van der Waals surface area (Å²) in [6, 6.07) is 4.81. The molecule has 0 aromatic heterocycles. The number of hydrogen-bond acceptors (Lipinski definition) is 2. The molecule has 1 aromatic carbocycles. The fourth-order valence-corrected chi connectivity index (χ4v) is 5.08. The van der Waals surface area contributed by atoms with Gasteiger partial charge in [0.2, 0.25) is 13.7 Å². The second-order valence-electron chi connectivity index (χ2n) is 8.39. The molecule has 2 aliphatic heterocycles. The van der Waals surface area contributed by atoms with Gasteiger partial charge in [0.15, 0.2) is 0 Å². The highest BCUT2D eigenvalue weighted by Gasteiger charge is 2.48. The molecule has 0 N–H and O–H groups in total. The van der Waals surface area contributed by atoms with Crippen molar-refractivity contribution < 1.29 is 0 Å². The molecule has 4 atom stereocenters. The van der Waals surface area contributed by atoms with Crippen molar-refractivity contribution in [3.05, 3.63) is 34.4 Å². The number of benzene rings is 1. The van der Waals surface area contributed by atoms with Gasteiger partial charge in [-0.15, -0.1) is 0 Å². The maximum atomic E-state index is 2.78. The van der Waals surface area contributed by atoms with Gasteiger partial charge >= 0.3 is 0 Å². The number of aryl methyl sites for hydroxylation is 2. The van der Waals surface area contributed by atoms with Crippen LogP contribution in [0.25, 0.3) is 0 Å². The third-order valence-electron chi connectivity index (χ3n) is 7.19. The Morgan fingerprint density at radius 3 is 2.35 bits per heavy atom. The van der Waals surface area contributed by atoms with Crippen molar-refractivity contribution in [2.45, 2.75) is 72.6 Å². The van der Waals surface area contributed by atoms with Gasteiger partial charge in [0.25, 0.3) is 0 Å². The summed E-state index contributed by atoms with van der Waals surface area (Å²) in [5.41, 5.74) is 6.75. The van der Waals surface area contributed by atoms with Crippen LogP contribution in [0, 0.1) is 19.8 Å². The Morgan fingerprint density at radius 2 is 1.70 bits per heavy atom. The van der Waals surface area contributed by atoms with Crippen molar-refractivity contribution in [2.75, 3.05) is 7.05 Å². The smallest absolute Gasteiger partial charge is 0.218 e. The van der Waals surface area contributed by atoms with E-state index in [1.54, 1.807) is 11.1 Å². The molecule has 0 aliphatic carbocycles. The van der Waals surface area contributed by atoms with Crippen molar-refractivity contribution in [1.82, 2.24) is 9.62 Å². The van der Waals surface area contributed by atoms with Gasteiger partial charge in [0.1, 0.15) is 0 Å². The predicted octanol–water partition coefficient (Wildman–Crippen LogP) is 4.30. The first-order valence-electron chi connectivity index (χ1n) is 9.31. The molecule has 3 rings (SSSR count). The van der Waals surface area contributed by atoms with Crippen LogP contribution in [0.3, 0.4) is 0 Å². The predicted molar refractivity (Wildman–Crippen MR) is 103 cm³/mol. The van der Waals surface area contributed by atoms with Crippen LogP contribution in [0.2, 0.25) is 19.4 Å². The Labute approximate surface area is 143 Å². The standard InChI is InChI=1S/C19H32B2N2/c1-12-9-13(2)18-11-23-19(15(4)14(3)17(18)10-12)22(8)20(6)16(5)21(23)7/h9-10,14-16,19H,11H2,1-8H3. The van der Waals surface area contributed by atoms with Gasteiger partial charge in [0.05, 0.1) is 0 Å². The van der Waals surface area contributed by atoms with Crippen LogP contribution in [0.15, 0.2) is 12.1 Å². The van der Waals surface area contributed by atoms with Crippen LogP contribution in [0.1, 0.15) is 48.9 Å². The highest BCUT2D eigenvalue weighted by atomic mass is 15.3. The minimum atomic E-state index is 0.540. The van der Waals surface area contributed by atoms with Crippen LogP contribution < -0.4 is 0 Å². The lowest BCUT2D eigenvalue weighted by molar-refractivity contribution is 0.115.